The quantitative estimate of drug-likeness (QED) is 0.227. The Hall–Kier alpha value is -4.75. The summed E-state index contributed by atoms with van der Waals surface area (Å²) in [6.07, 6.45) is 1.93. The van der Waals surface area contributed by atoms with Crippen molar-refractivity contribution in [1.29, 1.82) is 0 Å². The van der Waals surface area contributed by atoms with Gasteiger partial charge in [-0.2, -0.15) is 0 Å². The zero-order chi connectivity index (χ0) is 25.6. The molecule has 0 saturated heterocycles. The lowest BCUT2D eigenvalue weighted by Crippen LogP contribution is -1.92. The first-order valence-electron chi connectivity index (χ1n) is 13.1. The van der Waals surface area contributed by atoms with Crippen molar-refractivity contribution in [2.75, 3.05) is 0 Å². The zero-order valence-electron chi connectivity index (χ0n) is 21.6. The first-order chi connectivity index (χ1) is 18.7. The SMILES string of the molecule is Cc1ccc(-c2ccc(-c3c4ccccc4c(-c4ccc(C)c5ccccc45)c4ccccc34)cc2)nc1. The molecule has 0 radical (unpaired) electrons. The van der Waals surface area contributed by atoms with E-state index in [1.807, 2.05) is 6.20 Å². The first-order valence-corrected chi connectivity index (χ1v) is 13.1. The van der Waals surface area contributed by atoms with E-state index in [1.165, 1.54) is 65.7 Å². The highest BCUT2D eigenvalue weighted by molar-refractivity contribution is 6.23. The van der Waals surface area contributed by atoms with E-state index in [9.17, 15) is 0 Å². The summed E-state index contributed by atoms with van der Waals surface area (Å²) >= 11 is 0. The van der Waals surface area contributed by atoms with Crippen LogP contribution in [0.2, 0.25) is 0 Å². The Morgan fingerprint density at radius 3 is 1.53 bits per heavy atom. The average Bonchev–Trinajstić information content (AvgIpc) is 2.97. The number of hydrogen-bond donors (Lipinski definition) is 0. The van der Waals surface area contributed by atoms with E-state index in [4.69, 9.17) is 0 Å². The molecule has 0 fully saturated rings. The molecule has 1 heteroatoms. The topological polar surface area (TPSA) is 12.9 Å². The Kier molecular flexibility index (Phi) is 5.30. The Labute approximate surface area is 223 Å². The van der Waals surface area contributed by atoms with Gasteiger partial charge in [0.25, 0.3) is 0 Å². The minimum Gasteiger partial charge on any atom is -0.256 e. The predicted octanol–water partition coefficient (Wildman–Crippen LogP) is 10.2. The molecule has 0 bridgehead atoms. The van der Waals surface area contributed by atoms with Gasteiger partial charge in [-0.15, -0.1) is 0 Å². The van der Waals surface area contributed by atoms with Crippen molar-refractivity contribution in [3.05, 3.63) is 139 Å². The molecule has 0 aliphatic rings. The van der Waals surface area contributed by atoms with Crippen LogP contribution < -0.4 is 0 Å². The largest absolute Gasteiger partial charge is 0.256 e. The maximum Gasteiger partial charge on any atom is 0.0702 e. The molecule has 7 aromatic rings. The Bertz CT molecular complexity index is 1910. The Morgan fingerprint density at radius 1 is 0.421 bits per heavy atom. The van der Waals surface area contributed by atoms with Gasteiger partial charge in [-0.1, -0.05) is 115 Å². The van der Waals surface area contributed by atoms with E-state index >= 15 is 0 Å². The summed E-state index contributed by atoms with van der Waals surface area (Å²) in [5.41, 5.74) is 9.68. The highest BCUT2D eigenvalue weighted by Crippen LogP contribution is 2.45. The summed E-state index contributed by atoms with van der Waals surface area (Å²) in [5.74, 6) is 0. The fraction of sp³-hybridized carbons (Fsp3) is 0.0541. The second-order valence-electron chi connectivity index (χ2n) is 10.1. The molecule has 0 aliphatic carbocycles. The van der Waals surface area contributed by atoms with Crippen LogP contribution in [0.15, 0.2) is 128 Å². The van der Waals surface area contributed by atoms with Gasteiger partial charge in [-0.25, -0.2) is 0 Å². The third-order valence-electron chi connectivity index (χ3n) is 7.72. The third-order valence-corrected chi connectivity index (χ3v) is 7.72. The summed E-state index contributed by atoms with van der Waals surface area (Å²) in [6, 6.07) is 44.1. The van der Waals surface area contributed by atoms with Gasteiger partial charge in [-0.05, 0) is 85.6 Å². The number of aryl methyl sites for hydroxylation is 2. The van der Waals surface area contributed by atoms with Gasteiger partial charge in [-0.3, -0.25) is 4.98 Å². The molecular formula is C37H27N. The van der Waals surface area contributed by atoms with Crippen LogP contribution >= 0.6 is 0 Å². The van der Waals surface area contributed by atoms with Crippen LogP contribution in [0.3, 0.4) is 0 Å². The fourth-order valence-corrected chi connectivity index (χ4v) is 5.84. The van der Waals surface area contributed by atoms with Crippen LogP contribution in [-0.2, 0) is 0 Å². The van der Waals surface area contributed by atoms with E-state index in [-0.39, 0.29) is 0 Å². The van der Waals surface area contributed by atoms with Gasteiger partial charge in [0.2, 0.25) is 0 Å². The number of benzene rings is 6. The van der Waals surface area contributed by atoms with Crippen molar-refractivity contribution in [1.82, 2.24) is 4.98 Å². The zero-order valence-corrected chi connectivity index (χ0v) is 21.6. The molecule has 1 heterocycles. The number of pyridine rings is 1. The number of aromatic nitrogens is 1. The molecule has 1 aromatic heterocycles. The predicted molar refractivity (Wildman–Crippen MR) is 163 cm³/mol. The van der Waals surface area contributed by atoms with Gasteiger partial charge in [0.1, 0.15) is 0 Å². The van der Waals surface area contributed by atoms with Gasteiger partial charge < -0.3 is 0 Å². The Morgan fingerprint density at radius 2 is 0.947 bits per heavy atom. The molecule has 6 aromatic carbocycles. The smallest absolute Gasteiger partial charge is 0.0702 e. The van der Waals surface area contributed by atoms with E-state index in [1.54, 1.807) is 0 Å². The van der Waals surface area contributed by atoms with Crippen molar-refractivity contribution in [3.63, 3.8) is 0 Å². The minimum absolute atomic E-state index is 0.999. The third kappa shape index (κ3) is 3.59. The molecule has 1 nitrogen and oxygen atoms in total. The molecule has 38 heavy (non-hydrogen) atoms. The number of nitrogens with zero attached hydrogens (tertiary/aromatic N) is 1. The average molecular weight is 486 g/mol. The van der Waals surface area contributed by atoms with Crippen LogP contribution in [0.4, 0.5) is 0 Å². The van der Waals surface area contributed by atoms with Crippen LogP contribution in [-0.4, -0.2) is 4.98 Å². The number of rotatable bonds is 3. The van der Waals surface area contributed by atoms with Crippen molar-refractivity contribution < 1.29 is 0 Å². The Balaban J connectivity index is 1.52. The lowest BCUT2D eigenvalue weighted by Gasteiger charge is -2.19. The monoisotopic (exact) mass is 485 g/mol. The molecule has 0 saturated carbocycles. The summed E-state index contributed by atoms with van der Waals surface area (Å²) < 4.78 is 0. The number of hydrogen-bond acceptors (Lipinski definition) is 1. The molecule has 180 valence electrons. The van der Waals surface area contributed by atoms with E-state index < -0.39 is 0 Å². The second kappa shape index (κ2) is 8.97. The first kappa shape index (κ1) is 22.4. The van der Waals surface area contributed by atoms with Crippen LogP contribution in [0.25, 0.3) is 65.8 Å². The van der Waals surface area contributed by atoms with Crippen molar-refractivity contribution in [3.8, 4) is 33.5 Å². The molecule has 0 N–H and O–H groups in total. The summed E-state index contributed by atoms with van der Waals surface area (Å²) in [5, 5.41) is 7.70. The van der Waals surface area contributed by atoms with Crippen LogP contribution in [0.5, 0.6) is 0 Å². The molecular weight excluding hydrogens is 458 g/mol. The van der Waals surface area contributed by atoms with Gasteiger partial charge in [0, 0.05) is 11.8 Å². The number of fused-ring (bicyclic) bond motifs is 3. The normalized spacial score (nSPS) is 11.4. The van der Waals surface area contributed by atoms with Crippen molar-refractivity contribution in [2.45, 2.75) is 13.8 Å². The summed E-state index contributed by atoms with van der Waals surface area (Å²) in [4.78, 5) is 4.63. The van der Waals surface area contributed by atoms with Gasteiger partial charge >= 0.3 is 0 Å². The minimum atomic E-state index is 0.999. The van der Waals surface area contributed by atoms with Crippen LogP contribution in [0.1, 0.15) is 11.1 Å². The fourth-order valence-electron chi connectivity index (χ4n) is 5.84. The maximum absolute atomic E-state index is 4.63. The molecule has 7 rings (SSSR count). The molecule has 0 atom stereocenters. The van der Waals surface area contributed by atoms with Gasteiger partial charge in [0.05, 0.1) is 5.69 Å². The highest BCUT2D eigenvalue weighted by Gasteiger charge is 2.18. The highest BCUT2D eigenvalue weighted by atomic mass is 14.7. The molecule has 0 spiro atoms. The van der Waals surface area contributed by atoms with E-state index in [0.717, 1.165) is 11.3 Å². The van der Waals surface area contributed by atoms with Crippen molar-refractivity contribution >= 4 is 32.3 Å². The molecule has 0 aliphatic heterocycles. The lowest BCUT2D eigenvalue weighted by atomic mass is 9.84. The maximum atomic E-state index is 4.63. The van der Waals surface area contributed by atoms with E-state index in [0.29, 0.717) is 0 Å². The standard InChI is InChI=1S/C37H27N/c1-24-15-22-35(38-23-24)26-17-19-27(20-18-26)36-30-11-5-7-13-32(30)37(33-14-8-6-12-31(33)36)34-21-16-25(2)28-9-3-4-10-29(28)34/h3-23H,1-2H3. The van der Waals surface area contributed by atoms with Gasteiger partial charge in [0.15, 0.2) is 0 Å². The summed E-state index contributed by atoms with van der Waals surface area (Å²) in [6.45, 7) is 4.26. The van der Waals surface area contributed by atoms with Crippen molar-refractivity contribution in [2.24, 2.45) is 0 Å². The summed E-state index contributed by atoms with van der Waals surface area (Å²) in [7, 11) is 0. The lowest BCUT2D eigenvalue weighted by molar-refractivity contribution is 1.27. The second-order valence-corrected chi connectivity index (χ2v) is 10.1. The van der Waals surface area contributed by atoms with E-state index in [2.05, 4.69) is 140 Å². The molecule has 0 amide bonds. The molecule has 0 unspecified atom stereocenters. The van der Waals surface area contributed by atoms with Crippen LogP contribution in [0, 0.1) is 13.8 Å².